The third kappa shape index (κ3) is 2.80. The molecule has 0 unspecified atom stereocenters. The lowest BCUT2D eigenvalue weighted by atomic mass is 10.2. The highest BCUT2D eigenvalue weighted by Gasteiger charge is 2.06. The van der Waals surface area contributed by atoms with Crippen molar-refractivity contribution in [2.45, 2.75) is 13.1 Å². The van der Waals surface area contributed by atoms with Crippen molar-refractivity contribution < 1.29 is 0 Å². The lowest BCUT2D eigenvalue weighted by Gasteiger charge is -2.14. The molecular formula is C15H16N4. The van der Waals surface area contributed by atoms with Crippen molar-refractivity contribution in [3.05, 3.63) is 66.2 Å². The fraction of sp³-hybridized carbons (Fsp3) is 0.200. The largest absolute Gasteiger partial charge is 0.296 e. The number of fused-ring (bicyclic) bond motifs is 1. The van der Waals surface area contributed by atoms with Crippen LogP contribution in [0.15, 0.2) is 55.0 Å². The summed E-state index contributed by atoms with van der Waals surface area (Å²) in [5, 5.41) is 0. The van der Waals surface area contributed by atoms with E-state index < -0.39 is 0 Å². The van der Waals surface area contributed by atoms with Gasteiger partial charge in [0.2, 0.25) is 5.78 Å². The molecule has 2 aromatic heterocycles. The van der Waals surface area contributed by atoms with Gasteiger partial charge in [-0.2, -0.15) is 0 Å². The molecule has 96 valence electrons. The van der Waals surface area contributed by atoms with E-state index in [-0.39, 0.29) is 0 Å². The van der Waals surface area contributed by atoms with Crippen LogP contribution < -0.4 is 0 Å². The maximum atomic E-state index is 4.50. The molecule has 3 rings (SSSR count). The number of hydrogen-bond donors (Lipinski definition) is 0. The van der Waals surface area contributed by atoms with Crippen LogP contribution in [-0.2, 0) is 13.1 Å². The average molecular weight is 252 g/mol. The van der Waals surface area contributed by atoms with Crippen LogP contribution in [0.25, 0.3) is 5.78 Å². The van der Waals surface area contributed by atoms with Gasteiger partial charge in [0.1, 0.15) is 0 Å². The highest BCUT2D eigenvalue weighted by Crippen LogP contribution is 2.08. The minimum Gasteiger partial charge on any atom is -0.296 e. The fourth-order valence-corrected chi connectivity index (χ4v) is 2.18. The topological polar surface area (TPSA) is 33.4 Å². The monoisotopic (exact) mass is 252 g/mol. The standard InChI is InChI=1S/C15H16N4/c1-18(10-13-6-3-2-4-7-13)11-14-12-19-9-5-8-16-15(19)17-14/h2-9,12H,10-11H2,1H3. The molecule has 0 aliphatic carbocycles. The summed E-state index contributed by atoms with van der Waals surface area (Å²) in [6.45, 7) is 1.74. The molecule has 19 heavy (non-hydrogen) atoms. The van der Waals surface area contributed by atoms with Gasteiger partial charge in [0.15, 0.2) is 0 Å². The van der Waals surface area contributed by atoms with E-state index in [0.29, 0.717) is 0 Å². The van der Waals surface area contributed by atoms with E-state index in [0.717, 1.165) is 24.6 Å². The molecule has 0 bridgehead atoms. The summed E-state index contributed by atoms with van der Waals surface area (Å²) in [6.07, 6.45) is 5.76. The Kier molecular flexibility index (Phi) is 3.25. The van der Waals surface area contributed by atoms with Crippen molar-refractivity contribution in [1.29, 1.82) is 0 Å². The zero-order valence-corrected chi connectivity index (χ0v) is 10.9. The lowest BCUT2D eigenvalue weighted by Crippen LogP contribution is -2.17. The predicted molar refractivity (Wildman–Crippen MR) is 74.6 cm³/mol. The zero-order valence-electron chi connectivity index (χ0n) is 10.9. The molecule has 0 atom stereocenters. The second kappa shape index (κ2) is 5.20. The number of benzene rings is 1. The smallest absolute Gasteiger partial charge is 0.233 e. The molecule has 0 amide bonds. The first-order valence-electron chi connectivity index (χ1n) is 6.32. The summed E-state index contributed by atoms with van der Waals surface area (Å²) < 4.78 is 1.95. The van der Waals surface area contributed by atoms with Gasteiger partial charge >= 0.3 is 0 Å². The Labute approximate surface area is 112 Å². The molecule has 4 nitrogen and oxygen atoms in total. The fourth-order valence-electron chi connectivity index (χ4n) is 2.18. The van der Waals surface area contributed by atoms with Crippen LogP contribution in [-0.4, -0.2) is 26.3 Å². The maximum Gasteiger partial charge on any atom is 0.233 e. The van der Waals surface area contributed by atoms with Crippen molar-refractivity contribution in [2.24, 2.45) is 0 Å². The first-order valence-corrected chi connectivity index (χ1v) is 6.32. The van der Waals surface area contributed by atoms with E-state index in [1.807, 2.05) is 28.9 Å². The lowest BCUT2D eigenvalue weighted by molar-refractivity contribution is 0.315. The molecule has 1 aromatic carbocycles. The number of hydrogen-bond acceptors (Lipinski definition) is 3. The minimum atomic E-state index is 0.755. The molecule has 0 fully saturated rings. The summed E-state index contributed by atoms with van der Waals surface area (Å²) in [5.41, 5.74) is 2.35. The average Bonchev–Trinajstić information content (AvgIpc) is 2.81. The second-order valence-corrected chi connectivity index (χ2v) is 4.72. The molecule has 3 aromatic rings. The maximum absolute atomic E-state index is 4.50. The molecule has 0 saturated heterocycles. The van der Waals surface area contributed by atoms with Crippen molar-refractivity contribution >= 4 is 5.78 Å². The molecule has 0 saturated carbocycles. The highest BCUT2D eigenvalue weighted by molar-refractivity contribution is 5.29. The van der Waals surface area contributed by atoms with Crippen LogP contribution in [0.3, 0.4) is 0 Å². The van der Waals surface area contributed by atoms with E-state index in [4.69, 9.17) is 0 Å². The Morgan fingerprint density at radius 3 is 2.74 bits per heavy atom. The minimum absolute atomic E-state index is 0.755. The van der Waals surface area contributed by atoms with Crippen LogP contribution in [0.2, 0.25) is 0 Å². The summed E-state index contributed by atoms with van der Waals surface area (Å²) >= 11 is 0. The Morgan fingerprint density at radius 1 is 1.11 bits per heavy atom. The first kappa shape index (κ1) is 11.9. The number of rotatable bonds is 4. The van der Waals surface area contributed by atoms with E-state index in [1.165, 1.54) is 5.56 Å². The van der Waals surface area contributed by atoms with Gasteiger partial charge in [0.05, 0.1) is 5.69 Å². The van der Waals surface area contributed by atoms with E-state index >= 15 is 0 Å². The van der Waals surface area contributed by atoms with Gasteiger partial charge in [-0.1, -0.05) is 30.3 Å². The normalized spacial score (nSPS) is 11.3. The van der Waals surface area contributed by atoms with Crippen molar-refractivity contribution in [1.82, 2.24) is 19.3 Å². The molecule has 0 N–H and O–H groups in total. The number of imidazole rings is 1. The van der Waals surface area contributed by atoms with Crippen molar-refractivity contribution in [2.75, 3.05) is 7.05 Å². The Hall–Kier alpha value is -2.20. The van der Waals surface area contributed by atoms with Crippen molar-refractivity contribution in [3.8, 4) is 0 Å². The first-order chi connectivity index (χ1) is 9.31. The van der Waals surface area contributed by atoms with E-state index in [1.54, 1.807) is 6.20 Å². The van der Waals surface area contributed by atoms with Gasteiger partial charge in [-0.25, -0.2) is 9.97 Å². The zero-order chi connectivity index (χ0) is 13.1. The quantitative estimate of drug-likeness (QED) is 0.714. The van der Waals surface area contributed by atoms with Crippen LogP contribution in [0.4, 0.5) is 0 Å². The third-order valence-electron chi connectivity index (χ3n) is 3.01. The SMILES string of the molecule is CN(Cc1ccccc1)Cc1cn2cccnc2n1. The van der Waals surface area contributed by atoms with Gasteiger partial charge in [0.25, 0.3) is 0 Å². The summed E-state index contributed by atoms with van der Waals surface area (Å²) in [7, 11) is 2.10. The van der Waals surface area contributed by atoms with Crippen LogP contribution in [0, 0.1) is 0 Å². The van der Waals surface area contributed by atoms with Crippen LogP contribution >= 0.6 is 0 Å². The molecule has 0 aliphatic heterocycles. The van der Waals surface area contributed by atoms with Gasteiger partial charge in [-0.3, -0.25) is 9.30 Å². The summed E-state index contributed by atoms with van der Waals surface area (Å²) in [4.78, 5) is 11.0. The highest BCUT2D eigenvalue weighted by atomic mass is 15.1. The Bertz CT molecular complexity index is 627. The van der Waals surface area contributed by atoms with Crippen molar-refractivity contribution in [3.63, 3.8) is 0 Å². The number of aromatic nitrogens is 3. The van der Waals surface area contributed by atoms with Crippen LogP contribution in [0.5, 0.6) is 0 Å². The molecule has 0 spiro atoms. The summed E-state index contributed by atoms with van der Waals surface area (Å²) in [5.74, 6) is 0.755. The van der Waals surface area contributed by atoms with Gasteiger partial charge < -0.3 is 0 Å². The Morgan fingerprint density at radius 2 is 1.95 bits per heavy atom. The Balaban J connectivity index is 1.70. The molecular weight excluding hydrogens is 236 g/mol. The molecule has 2 heterocycles. The predicted octanol–water partition coefficient (Wildman–Crippen LogP) is 2.36. The molecule has 0 radical (unpaired) electrons. The molecule has 0 aliphatic rings. The second-order valence-electron chi connectivity index (χ2n) is 4.72. The van der Waals surface area contributed by atoms with Gasteiger partial charge in [-0.05, 0) is 18.7 Å². The molecule has 4 heteroatoms. The van der Waals surface area contributed by atoms with E-state index in [9.17, 15) is 0 Å². The summed E-state index contributed by atoms with van der Waals surface area (Å²) in [6, 6.07) is 12.4. The van der Waals surface area contributed by atoms with Gasteiger partial charge in [-0.15, -0.1) is 0 Å². The van der Waals surface area contributed by atoms with Gasteiger partial charge in [0, 0.05) is 31.7 Å². The van der Waals surface area contributed by atoms with Crippen LogP contribution in [0.1, 0.15) is 11.3 Å². The third-order valence-corrected chi connectivity index (χ3v) is 3.01. The van der Waals surface area contributed by atoms with E-state index in [2.05, 4.69) is 46.2 Å². The number of nitrogens with zero attached hydrogens (tertiary/aromatic N) is 4.